The van der Waals surface area contributed by atoms with Crippen LogP contribution in [0, 0.1) is 0 Å². The molecule has 0 saturated carbocycles. The Balaban J connectivity index is 0. The van der Waals surface area contributed by atoms with Crippen molar-refractivity contribution in [2.24, 2.45) is 0 Å². The number of rotatable bonds is 12. The molecule has 0 unspecified atom stereocenters. The van der Waals surface area contributed by atoms with Gasteiger partial charge in [-0.2, -0.15) is 0 Å². The molecule has 112 valence electrons. The molecule has 0 amide bonds. The van der Waals surface area contributed by atoms with E-state index in [1.165, 1.54) is 75.6 Å². The van der Waals surface area contributed by atoms with E-state index < -0.39 is 0 Å². The van der Waals surface area contributed by atoms with Crippen molar-refractivity contribution in [2.75, 3.05) is 31.5 Å². The third kappa shape index (κ3) is 10.0. The lowest BCUT2D eigenvalue weighted by molar-refractivity contribution is -0.926. The summed E-state index contributed by atoms with van der Waals surface area (Å²) in [6, 6.07) is 0. The molecule has 0 aliphatic carbocycles. The second-order valence-electron chi connectivity index (χ2n) is 5.34. The molecule has 0 saturated heterocycles. The van der Waals surface area contributed by atoms with Crippen LogP contribution in [0.4, 0.5) is 0 Å². The van der Waals surface area contributed by atoms with Crippen LogP contribution >= 0.6 is 15.9 Å². The Labute approximate surface area is 141 Å². The second kappa shape index (κ2) is 14.6. The molecule has 0 aliphatic rings. The van der Waals surface area contributed by atoms with Gasteiger partial charge in [0.1, 0.15) is 0 Å². The van der Waals surface area contributed by atoms with Gasteiger partial charge in [-0.05, 0) is 25.7 Å². The molecule has 0 bridgehead atoms. The highest BCUT2D eigenvalue weighted by Crippen LogP contribution is 2.15. The number of halogens is 2. The molecule has 0 aliphatic heterocycles. The first-order chi connectivity index (χ1) is 8.24. The summed E-state index contributed by atoms with van der Waals surface area (Å²) < 4.78 is 1.37. The summed E-state index contributed by atoms with van der Waals surface area (Å²) in [5, 5.41) is 1.16. The summed E-state index contributed by atoms with van der Waals surface area (Å²) in [5.41, 5.74) is 0. The maximum atomic E-state index is 3.66. The van der Waals surface area contributed by atoms with Crippen molar-refractivity contribution in [2.45, 2.75) is 65.7 Å². The summed E-state index contributed by atoms with van der Waals surface area (Å²) in [6.07, 6.45) is 9.61. The Morgan fingerprint density at radius 1 is 0.667 bits per heavy atom. The summed E-state index contributed by atoms with van der Waals surface area (Å²) in [5.74, 6) is 0. The van der Waals surface area contributed by atoms with Crippen LogP contribution in [0.5, 0.6) is 0 Å². The topological polar surface area (TPSA) is 0 Å². The Morgan fingerprint density at radius 2 is 1.11 bits per heavy atom. The van der Waals surface area contributed by atoms with Crippen molar-refractivity contribution in [3.8, 4) is 0 Å². The van der Waals surface area contributed by atoms with Crippen LogP contribution in [0.25, 0.3) is 0 Å². The zero-order valence-corrected chi connectivity index (χ0v) is 16.4. The fraction of sp³-hybridized carbons (Fsp3) is 1.00. The second-order valence-corrected chi connectivity index (χ2v) is 6.13. The van der Waals surface area contributed by atoms with E-state index in [1.54, 1.807) is 0 Å². The molecule has 0 heterocycles. The minimum atomic E-state index is 0. The third-order valence-corrected chi connectivity index (χ3v) is 4.12. The average Bonchev–Trinajstić information content (AvgIpc) is 2.34. The maximum absolute atomic E-state index is 3.66. The first kappa shape index (κ1) is 21.5. The van der Waals surface area contributed by atoms with Crippen LogP contribution in [0.2, 0.25) is 0 Å². The molecule has 18 heavy (non-hydrogen) atoms. The standard InChI is InChI=1S/C15H33BrN.HI/c1-4-7-10-14-17(15-11-16,12-8-5-2)13-9-6-3;/h4-15H2,1-3H3;1H/q+1;/p-1. The van der Waals surface area contributed by atoms with Gasteiger partial charge in [-0.3, -0.25) is 0 Å². The monoisotopic (exact) mass is 433 g/mol. The van der Waals surface area contributed by atoms with E-state index in [2.05, 4.69) is 36.7 Å². The molecule has 0 rings (SSSR count). The van der Waals surface area contributed by atoms with Crippen molar-refractivity contribution >= 4 is 15.9 Å². The lowest BCUT2D eigenvalue weighted by atomic mass is 10.1. The van der Waals surface area contributed by atoms with Gasteiger partial charge < -0.3 is 28.5 Å². The normalized spacial score (nSPS) is 11.3. The van der Waals surface area contributed by atoms with E-state index in [1.807, 2.05) is 0 Å². The average molecular weight is 434 g/mol. The van der Waals surface area contributed by atoms with Crippen molar-refractivity contribution in [1.82, 2.24) is 0 Å². The van der Waals surface area contributed by atoms with Crippen molar-refractivity contribution in [3.05, 3.63) is 0 Å². The first-order valence-electron chi connectivity index (χ1n) is 7.65. The molecule has 0 atom stereocenters. The lowest BCUT2D eigenvalue weighted by Gasteiger charge is -2.39. The van der Waals surface area contributed by atoms with E-state index >= 15 is 0 Å². The highest BCUT2D eigenvalue weighted by atomic mass is 127. The van der Waals surface area contributed by atoms with Crippen LogP contribution in [0.15, 0.2) is 0 Å². The highest BCUT2D eigenvalue weighted by molar-refractivity contribution is 9.09. The maximum Gasteiger partial charge on any atom is 0.0885 e. The van der Waals surface area contributed by atoms with E-state index in [-0.39, 0.29) is 24.0 Å². The summed E-state index contributed by atoms with van der Waals surface area (Å²) in [6.45, 7) is 12.4. The van der Waals surface area contributed by atoms with Crippen molar-refractivity contribution in [1.29, 1.82) is 0 Å². The van der Waals surface area contributed by atoms with Crippen molar-refractivity contribution < 1.29 is 28.5 Å². The molecule has 0 aromatic carbocycles. The largest absolute Gasteiger partial charge is 1.00 e. The minimum absolute atomic E-state index is 0. The van der Waals surface area contributed by atoms with Crippen LogP contribution in [0.3, 0.4) is 0 Å². The lowest BCUT2D eigenvalue weighted by Crippen LogP contribution is -3.00. The zero-order chi connectivity index (χ0) is 13.0. The Hall–Kier alpha value is 1.17. The molecule has 1 nitrogen and oxygen atoms in total. The predicted molar refractivity (Wildman–Crippen MR) is 82.9 cm³/mol. The van der Waals surface area contributed by atoms with Gasteiger partial charge in [0.25, 0.3) is 0 Å². The van der Waals surface area contributed by atoms with Crippen LogP contribution in [-0.4, -0.2) is 36.0 Å². The molecule has 0 aromatic heterocycles. The van der Waals surface area contributed by atoms with Crippen LogP contribution in [0.1, 0.15) is 65.7 Å². The van der Waals surface area contributed by atoms with E-state index in [9.17, 15) is 0 Å². The molecule has 0 aromatic rings. The Morgan fingerprint density at radius 3 is 1.50 bits per heavy atom. The molecule has 0 radical (unpaired) electrons. The number of hydrogen-bond acceptors (Lipinski definition) is 0. The summed E-state index contributed by atoms with van der Waals surface area (Å²) in [4.78, 5) is 0. The first-order valence-corrected chi connectivity index (χ1v) is 8.77. The molecule has 3 heteroatoms. The van der Waals surface area contributed by atoms with Gasteiger partial charge in [-0.15, -0.1) is 0 Å². The third-order valence-electron chi connectivity index (χ3n) is 3.77. The van der Waals surface area contributed by atoms with Crippen LogP contribution < -0.4 is 24.0 Å². The van der Waals surface area contributed by atoms with Gasteiger partial charge in [0.05, 0.1) is 31.5 Å². The fourth-order valence-electron chi connectivity index (χ4n) is 2.53. The number of unbranched alkanes of at least 4 members (excludes halogenated alkanes) is 4. The smallest absolute Gasteiger partial charge is 0.0885 e. The van der Waals surface area contributed by atoms with E-state index in [4.69, 9.17) is 0 Å². The number of quaternary nitrogens is 1. The van der Waals surface area contributed by atoms with Gasteiger partial charge >= 0.3 is 0 Å². The van der Waals surface area contributed by atoms with Gasteiger partial charge in [0.15, 0.2) is 0 Å². The molecular formula is C15H33BrIN. The van der Waals surface area contributed by atoms with Crippen LogP contribution in [-0.2, 0) is 0 Å². The molecule has 0 fully saturated rings. The minimum Gasteiger partial charge on any atom is -1.00 e. The van der Waals surface area contributed by atoms with Gasteiger partial charge in [0.2, 0.25) is 0 Å². The highest BCUT2D eigenvalue weighted by Gasteiger charge is 2.24. The predicted octanol–water partition coefficient (Wildman–Crippen LogP) is 1.99. The van der Waals surface area contributed by atoms with Gasteiger partial charge in [-0.25, -0.2) is 0 Å². The Bertz CT molecular complexity index is 157. The number of nitrogens with zero attached hydrogens (tertiary/aromatic N) is 1. The Kier molecular flexibility index (Phi) is 17.4. The van der Waals surface area contributed by atoms with Gasteiger partial charge in [0, 0.05) is 0 Å². The zero-order valence-electron chi connectivity index (χ0n) is 12.7. The number of hydrogen-bond donors (Lipinski definition) is 0. The molecular weight excluding hydrogens is 401 g/mol. The summed E-state index contributed by atoms with van der Waals surface area (Å²) >= 11 is 3.66. The fourth-order valence-corrected chi connectivity index (χ4v) is 3.29. The molecule has 0 N–H and O–H groups in total. The van der Waals surface area contributed by atoms with Crippen molar-refractivity contribution in [3.63, 3.8) is 0 Å². The molecule has 0 spiro atoms. The SMILES string of the molecule is CCCCC[N+](CCBr)(CCCC)CCCC.[I-]. The van der Waals surface area contributed by atoms with E-state index in [0.29, 0.717) is 0 Å². The quantitative estimate of drug-likeness (QED) is 0.191. The van der Waals surface area contributed by atoms with Gasteiger partial charge in [-0.1, -0.05) is 56.0 Å². The summed E-state index contributed by atoms with van der Waals surface area (Å²) in [7, 11) is 0. The number of alkyl halides is 1. The van der Waals surface area contributed by atoms with E-state index in [0.717, 1.165) is 5.33 Å².